The summed E-state index contributed by atoms with van der Waals surface area (Å²) >= 11 is 0. The summed E-state index contributed by atoms with van der Waals surface area (Å²) in [6.45, 7) is 9.90. The molecule has 4 aliphatic carbocycles. The first-order chi connectivity index (χ1) is 12.0. The number of methoxy groups -OCH3 is 1. The molecule has 0 aromatic heterocycles. The van der Waals surface area contributed by atoms with Crippen molar-refractivity contribution >= 4 is 11.8 Å². The number of hydrogen-bond donors (Lipinski definition) is 2. The Morgan fingerprint density at radius 2 is 2.08 bits per heavy atom. The minimum Gasteiger partial charge on any atom is -0.469 e. The highest BCUT2D eigenvalue weighted by molar-refractivity contribution is 5.92. The number of ether oxygens (including phenoxy) is 1. The Bertz CT molecular complexity index is 633. The molecule has 6 atom stereocenters. The molecule has 0 heterocycles. The number of aliphatic hydroxyl groups excluding tert-OH is 1. The molecule has 0 unspecified atom stereocenters. The third kappa shape index (κ3) is 2.66. The lowest BCUT2D eigenvalue weighted by Gasteiger charge is -2.65. The van der Waals surface area contributed by atoms with Gasteiger partial charge in [-0.05, 0) is 63.2 Å². The minimum atomic E-state index is -0.948. The van der Waals surface area contributed by atoms with Gasteiger partial charge >= 0.3 is 5.97 Å². The van der Waals surface area contributed by atoms with Crippen LogP contribution < -0.4 is 0 Å². The summed E-state index contributed by atoms with van der Waals surface area (Å²) in [6.07, 6.45) is 2.60. The Balaban J connectivity index is 2.03. The fraction of sp³-hybridized carbons (Fsp3) is 0.810. The maximum absolute atomic E-state index is 13.1. The van der Waals surface area contributed by atoms with E-state index in [9.17, 15) is 19.8 Å². The summed E-state index contributed by atoms with van der Waals surface area (Å²) in [5.41, 5.74) is -0.899. The van der Waals surface area contributed by atoms with Crippen molar-refractivity contribution in [1.82, 2.24) is 0 Å². The van der Waals surface area contributed by atoms with Crippen LogP contribution in [0.5, 0.6) is 0 Å². The predicted octanol–water partition coefficient (Wildman–Crippen LogP) is 2.64. The van der Waals surface area contributed by atoms with E-state index in [1.54, 1.807) is 0 Å². The molecule has 2 bridgehead atoms. The number of fused-ring (bicyclic) bond motifs is 2. The first-order valence-corrected chi connectivity index (χ1v) is 9.66. The highest BCUT2D eigenvalue weighted by atomic mass is 16.5. The number of carbonyl (C=O) groups excluding carboxylic acids is 2. The number of rotatable bonds is 4. The lowest BCUT2D eigenvalue weighted by atomic mass is 9.38. The second kappa shape index (κ2) is 6.16. The molecule has 4 fully saturated rings. The number of carbonyl (C=O) groups is 2. The van der Waals surface area contributed by atoms with Crippen molar-refractivity contribution in [2.24, 2.45) is 28.6 Å². The molecule has 1 spiro atoms. The average molecular weight is 364 g/mol. The molecule has 5 heteroatoms. The van der Waals surface area contributed by atoms with E-state index in [0.717, 1.165) is 5.57 Å². The van der Waals surface area contributed by atoms with Crippen LogP contribution in [0.25, 0.3) is 0 Å². The van der Waals surface area contributed by atoms with Crippen LogP contribution in [0.2, 0.25) is 0 Å². The van der Waals surface area contributed by atoms with Crippen LogP contribution in [0.1, 0.15) is 59.3 Å². The quantitative estimate of drug-likeness (QED) is 0.592. The number of ketones is 1. The van der Waals surface area contributed by atoms with Gasteiger partial charge in [0.2, 0.25) is 0 Å². The van der Waals surface area contributed by atoms with Gasteiger partial charge in [-0.25, -0.2) is 0 Å². The Kier molecular flexibility index (Phi) is 4.64. The number of hydrogen-bond acceptors (Lipinski definition) is 5. The molecule has 0 radical (unpaired) electrons. The van der Waals surface area contributed by atoms with Crippen LogP contribution in [0.15, 0.2) is 12.2 Å². The van der Waals surface area contributed by atoms with Gasteiger partial charge in [-0.1, -0.05) is 19.1 Å². The normalized spacial score (nSPS) is 42.5. The van der Waals surface area contributed by atoms with E-state index in [1.807, 2.05) is 13.8 Å². The van der Waals surface area contributed by atoms with Gasteiger partial charge in [-0.3, -0.25) is 9.59 Å². The van der Waals surface area contributed by atoms with E-state index < -0.39 is 17.1 Å². The van der Waals surface area contributed by atoms with Crippen molar-refractivity contribution < 1.29 is 24.5 Å². The van der Waals surface area contributed by atoms with Crippen molar-refractivity contribution in [1.29, 1.82) is 0 Å². The first-order valence-electron chi connectivity index (χ1n) is 9.66. The second-order valence-electron chi connectivity index (χ2n) is 9.52. The molecule has 146 valence electrons. The van der Waals surface area contributed by atoms with Crippen molar-refractivity contribution in [3.8, 4) is 0 Å². The molecule has 4 rings (SSSR count). The van der Waals surface area contributed by atoms with Crippen molar-refractivity contribution in [2.75, 3.05) is 7.11 Å². The minimum absolute atomic E-state index is 0.0205. The molecule has 4 aliphatic rings. The van der Waals surface area contributed by atoms with Gasteiger partial charge in [0.05, 0.1) is 12.7 Å². The van der Waals surface area contributed by atoms with Gasteiger partial charge in [-0.15, -0.1) is 0 Å². The van der Waals surface area contributed by atoms with Crippen LogP contribution in [0, 0.1) is 28.6 Å². The first kappa shape index (κ1) is 19.6. The molecule has 0 aliphatic heterocycles. The molecule has 0 saturated heterocycles. The molecule has 2 N–H and O–H groups in total. The molecule has 5 nitrogen and oxygen atoms in total. The lowest BCUT2D eigenvalue weighted by Crippen LogP contribution is -2.66. The molecule has 26 heavy (non-hydrogen) atoms. The van der Waals surface area contributed by atoms with Gasteiger partial charge in [-0.2, -0.15) is 0 Å². The summed E-state index contributed by atoms with van der Waals surface area (Å²) in [6, 6.07) is 0. The summed E-state index contributed by atoms with van der Waals surface area (Å²) in [5, 5.41) is 21.4. The largest absolute Gasteiger partial charge is 0.469 e. The van der Waals surface area contributed by atoms with Gasteiger partial charge in [0, 0.05) is 17.8 Å². The monoisotopic (exact) mass is 364 g/mol. The molecule has 0 aromatic rings. The molecular weight excluding hydrogens is 332 g/mol. The van der Waals surface area contributed by atoms with Gasteiger partial charge in [0.25, 0.3) is 0 Å². The summed E-state index contributed by atoms with van der Waals surface area (Å²) in [5.74, 6) is -0.502. The van der Waals surface area contributed by atoms with Crippen LogP contribution in [0.4, 0.5) is 0 Å². The Labute approximate surface area is 155 Å². The van der Waals surface area contributed by atoms with Gasteiger partial charge < -0.3 is 14.9 Å². The van der Waals surface area contributed by atoms with E-state index in [2.05, 4.69) is 13.5 Å². The van der Waals surface area contributed by atoms with Crippen LogP contribution >= 0.6 is 0 Å². The zero-order valence-electron chi connectivity index (χ0n) is 16.4. The van der Waals surface area contributed by atoms with Gasteiger partial charge in [0.1, 0.15) is 6.10 Å². The zero-order chi connectivity index (χ0) is 19.5. The van der Waals surface area contributed by atoms with E-state index in [-0.39, 0.29) is 41.3 Å². The lowest BCUT2D eigenvalue weighted by molar-refractivity contribution is -0.195. The molecule has 0 amide bonds. The second-order valence-corrected chi connectivity index (χ2v) is 9.52. The number of esters is 1. The summed E-state index contributed by atoms with van der Waals surface area (Å²) in [4.78, 5) is 24.9. The van der Waals surface area contributed by atoms with Crippen LogP contribution in [-0.2, 0) is 14.3 Å². The highest BCUT2D eigenvalue weighted by Crippen LogP contribution is 2.68. The summed E-state index contributed by atoms with van der Waals surface area (Å²) < 4.78 is 4.84. The number of Topliss-reactive ketones (excluding diaryl/α,β-unsaturated/α-hetero) is 1. The number of aliphatic hydroxyl groups is 2. The fourth-order valence-corrected chi connectivity index (χ4v) is 6.64. The Morgan fingerprint density at radius 3 is 2.65 bits per heavy atom. The third-order valence-corrected chi connectivity index (χ3v) is 7.78. The van der Waals surface area contributed by atoms with E-state index in [1.165, 1.54) is 7.11 Å². The topological polar surface area (TPSA) is 83.8 Å². The van der Waals surface area contributed by atoms with Crippen LogP contribution in [-0.4, -0.2) is 40.8 Å². The molecule has 0 aromatic carbocycles. The van der Waals surface area contributed by atoms with Gasteiger partial charge in [0.15, 0.2) is 5.78 Å². The van der Waals surface area contributed by atoms with Crippen LogP contribution in [0.3, 0.4) is 0 Å². The highest BCUT2D eigenvalue weighted by Gasteiger charge is 2.67. The molecular formula is C21H32O5. The van der Waals surface area contributed by atoms with Crippen molar-refractivity contribution in [3.63, 3.8) is 0 Å². The Morgan fingerprint density at radius 1 is 1.42 bits per heavy atom. The van der Waals surface area contributed by atoms with E-state index in [4.69, 9.17) is 4.74 Å². The average Bonchev–Trinajstić information content (AvgIpc) is 2.55. The fourth-order valence-electron chi connectivity index (χ4n) is 6.64. The maximum atomic E-state index is 13.1. The predicted molar refractivity (Wildman–Crippen MR) is 97.2 cm³/mol. The maximum Gasteiger partial charge on any atom is 0.305 e. The van der Waals surface area contributed by atoms with E-state index in [0.29, 0.717) is 32.1 Å². The smallest absolute Gasteiger partial charge is 0.305 e. The summed E-state index contributed by atoms with van der Waals surface area (Å²) in [7, 11) is 1.38. The molecule has 4 saturated carbocycles. The SMILES string of the molecule is C=C1C[C@]23CC[C@H](C(C)(C)O)[C@@](C)(CCC(=O)OC)[C@@H]2C[C@H]1[C@H](O)C3=O. The zero-order valence-corrected chi connectivity index (χ0v) is 16.4. The standard InChI is InChI=1S/C21H32O5/c1-12-11-21-9-6-14(19(2,3)25)20(4,8-7-16(22)26-5)15(21)10-13(12)17(23)18(21)24/h13-15,17,23,25H,1,6-11H2,2-5H3/t13-,14-,15+,17+,20-,21-/m1/s1. The Hall–Kier alpha value is -1.20. The van der Waals surface area contributed by atoms with Crippen molar-refractivity contribution in [2.45, 2.75) is 71.0 Å². The van der Waals surface area contributed by atoms with E-state index >= 15 is 0 Å². The van der Waals surface area contributed by atoms with Crippen molar-refractivity contribution in [3.05, 3.63) is 12.2 Å². The third-order valence-electron chi connectivity index (χ3n) is 7.78.